The Bertz CT molecular complexity index is 777. The quantitative estimate of drug-likeness (QED) is 0.806. The molecule has 0 unspecified atom stereocenters. The molecule has 0 aliphatic rings. The maximum atomic E-state index is 13.6. The van der Waals surface area contributed by atoms with Crippen molar-refractivity contribution in [2.75, 3.05) is 0 Å². The molecular formula is C13H10ClFN4OS. The first-order valence-electron chi connectivity index (χ1n) is 6.08. The maximum absolute atomic E-state index is 13.6. The number of aryl methyl sites for hydroxylation is 1. The molecule has 1 amide bonds. The lowest BCUT2D eigenvalue weighted by molar-refractivity contribution is 0.0947. The molecule has 8 heteroatoms. The largest absolute Gasteiger partial charge is 0.345 e. The Morgan fingerprint density at radius 1 is 1.52 bits per heavy atom. The van der Waals surface area contributed by atoms with E-state index in [1.807, 2.05) is 6.92 Å². The van der Waals surface area contributed by atoms with E-state index in [0.717, 1.165) is 10.7 Å². The lowest BCUT2D eigenvalue weighted by Gasteiger charge is -2.05. The van der Waals surface area contributed by atoms with Gasteiger partial charge in [-0.3, -0.25) is 4.79 Å². The number of fused-ring (bicyclic) bond motifs is 1. The molecule has 0 atom stereocenters. The van der Waals surface area contributed by atoms with Crippen LogP contribution < -0.4 is 5.32 Å². The summed E-state index contributed by atoms with van der Waals surface area (Å²) in [6.45, 7) is 2.07. The van der Waals surface area contributed by atoms with E-state index in [9.17, 15) is 9.18 Å². The lowest BCUT2D eigenvalue weighted by Crippen LogP contribution is -2.24. The predicted molar refractivity (Wildman–Crippen MR) is 78.2 cm³/mol. The van der Waals surface area contributed by atoms with Crippen LogP contribution in [0.2, 0.25) is 5.02 Å². The van der Waals surface area contributed by atoms with Crippen molar-refractivity contribution in [3.05, 3.63) is 51.5 Å². The zero-order valence-corrected chi connectivity index (χ0v) is 12.5. The van der Waals surface area contributed by atoms with E-state index < -0.39 is 11.7 Å². The van der Waals surface area contributed by atoms with E-state index in [-0.39, 0.29) is 17.1 Å². The molecule has 108 valence electrons. The molecule has 2 heterocycles. The van der Waals surface area contributed by atoms with Crippen molar-refractivity contribution in [1.82, 2.24) is 19.9 Å². The first-order valence-corrected chi connectivity index (χ1v) is 7.28. The highest BCUT2D eigenvalue weighted by Crippen LogP contribution is 2.19. The van der Waals surface area contributed by atoms with Crippen LogP contribution in [-0.4, -0.2) is 20.5 Å². The van der Waals surface area contributed by atoms with Gasteiger partial charge >= 0.3 is 0 Å². The van der Waals surface area contributed by atoms with Crippen LogP contribution in [0.25, 0.3) is 4.96 Å². The summed E-state index contributed by atoms with van der Waals surface area (Å²) in [4.78, 5) is 17.0. The van der Waals surface area contributed by atoms with Gasteiger partial charge in [-0.15, -0.1) is 0 Å². The van der Waals surface area contributed by atoms with Crippen molar-refractivity contribution in [2.45, 2.75) is 13.5 Å². The highest BCUT2D eigenvalue weighted by molar-refractivity contribution is 7.16. The number of hydrogen-bond donors (Lipinski definition) is 1. The van der Waals surface area contributed by atoms with Crippen LogP contribution in [0.4, 0.5) is 4.39 Å². The molecule has 0 spiro atoms. The number of halogens is 2. The van der Waals surface area contributed by atoms with E-state index in [1.165, 1.54) is 29.5 Å². The number of carbonyl (C=O) groups is 1. The van der Waals surface area contributed by atoms with Gasteiger partial charge in [-0.05, 0) is 19.1 Å². The number of benzene rings is 1. The molecule has 0 saturated carbocycles. The third kappa shape index (κ3) is 2.74. The van der Waals surface area contributed by atoms with E-state index in [0.29, 0.717) is 5.01 Å². The van der Waals surface area contributed by atoms with Gasteiger partial charge in [0.05, 0.1) is 29.0 Å². The lowest BCUT2D eigenvalue weighted by atomic mass is 10.2. The normalized spacial score (nSPS) is 11.0. The Labute approximate surface area is 128 Å². The Kier molecular flexibility index (Phi) is 3.60. The van der Waals surface area contributed by atoms with E-state index >= 15 is 0 Å². The topological polar surface area (TPSA) is 59.3 Å². The van der Waals surface area contributed by atoms with Gasteiger partial charge < -0.3 is 5.32 Å². The minimum absolute atomic E-state index is 0.0806. The van der Waals surface area contributed by atoms with Crippen molar-refractivity contribution in [2.24, 2.45) is 0 Å². The summed E-state index contributed by atoms with van der Waals surface area (Å²) in [5.74, 6) is -1.22. The van der Waals surface area contributed by atoms with Crippen LogP contribution in [0.5, 0.6) is 0 Å². The van der Waals surface area contributed by atoms with Crippen LogP contribution in [0, 0.1) is 12.7 Å². The van der Waals surface area contributed by atoms with Crippen molar-refractivity contribution in [1.29, 1.82) is 0 Å². The number of imidazole rings is 1. The molecule has 0 bridgehead atoms. The fourth-order valence-corrected chi connectivity index (χ4v) is 2.99. The van der Waals surface area contributed by atoms with Gasteiger partial charge in [0, 0.05) is 0 Å². The van der Waals surface area contributed by atoms with Crippen molar-refractivity contribution < 1.29 is 9.18 Å². The summed E-state index contributed by atoms with van der Waals surface area (Å²) in [6.07, 6.45) is 1.80. The third-order valence-corrected chi connectivity index (χ3v) is 4.03. The average Bonchev–Trinajstić information content (AvgIpc) is 2.92. The number of hydrogen-bond acceptors (Lipinski definition) is 4. The number of rotatable bonds is 3. The monoisotopic (exact) mass is 324 g/mol. The highest BCUT2D eigenvalue weighted by Gasteiger charge is 2.16. The second-order valence-electron chi connectivity index (χ2n) is 4.38. The maximum Gasteiger partial charge on any atom is 0.256 e. The Hall–Kier alpha value is -1.99. The van der Waals surface area contributed by atoms with Crippen LogP contribution in [-0.2, 0) is 6.54 Å². The van der Waals surface area contributed by atoms with Gasteiger partial charge in [0.1, 0.15) is 10.8 Å². The van der Waals surface area contributed by atoms with Gasteiger partial charge in [-0.25, -0.2) is 13.9 Å². The Balaban J connectivity index is 1.74. The molecule has 3 rings (SSSR count). The van der Waals surface area contributed by atoms with Crippen LogP contribution in [0.15, 0.2) is 24.4 Å². The van der Waals surface area contributed by atoms with Crippen molar-refractivity contribution in [3.8, 4) is 0 Å². The SMILES string of the molecule is Cc1cn2nc(CNC(=O)c3c(F)cccc3Cl)sc2n1. The number of aromatic nitrogens is 3. The van der Waals surface area contributed by atoms with Gasteiger partial charge in [0.2, 0.25) is 4.96 Å². The van der Waals surface area contributed by atoms with Crippen molar-refractivity contribution in [3.63, 3.8) is 0 Å². The van der Waals surface area contributed by atoms with Crippen molar-refractivity contribution >= 4 is 33.8 Å². The molecule has 0 aliphatic heterocycles. The zero-order valence-electron chi connectivity index (χ0n) is 10.9. The van der Waals surface area contributed by atoms with Gasteiger partial charge in [-0.2, -0.15) is 5.10 Å². The molecule has 21 heavy (non-hydrogen) atoms. The molecule has 3 aromatic rings. The third-order valence-electron chi connectivity index (χ3n) is 2.80. The highest BCUT2D eigenvalue weighted by atomic mass is 35.5. The first-order chi connectivity index (χ1) is 10.0. The van der Waals surface area contributed by atoms with Crippen LogP contribution in [0.3, 0.4) is 0 Å². The van der Waals surface area contributed by atoms with E-state index in [4.69, 9.17) is 11.6 Å². The number of carbonyl (C=O) groups excluding carboxylic acids is 1. The fourth-order valence-electron chi connectivity index (χ4n) is 1.88. The molecular weight excluding hydrogens is 315 g/mol. The average molecular weight is 325 g/mol. The smallest absolute Gasteiger partial charge is 0.256 e. The molecule has 5 nitrogen and oxygen atoms in total. The van der Waals surface area contributed by atoms with Crippen LogP contribution >= 0.6 is 22.9 Å². The predicted octanol–water partition coefficient (Wildman–Crippen LogP) is 2.82. The summed E-state index contributed by atoms with van der Waals surface area (Å²) >= 11 is 7.21. The number of nitrogens with one attached hydrogen (secondary N) is 1. The second kappa shape index (κ2) is 5.42. The van der Waals surface area contributed by atoms with Gasteiger partial charge in [0.15, 0.2) is 0 Å². The van der Waals surface area contributed by atoms with Gasteiger partial charge in [-0.1, -0.05) is 29.0 Å². The summed E-state index contributed by atoms with van der Waals surface area (Å²) in [5.41, 5.74) is 0.721. The number of amides is 1. The van der Waals surface area contributed by atoms with E-state index in [2.05, 4.69) is 15.4 Å². The minimum atomic E-state index is -0.649. The summed E-state index contributed by atoms with van der Waals surface area (Å²) in [7, 11) is 0. The number of nitrogens with zero attached hydrogens (tertiary/aromatic N) is 3. The Morgan fingerprint density at radius 3 is 3.05 bits per heavy atom. The summed E-state index contributed by atoms with van der Waals surface area (Å²) in [6, 6.07) is 4.12. The minimum Gasteiger partial charge on any atom is -0.345 e. The first kappa shape index (κ1) is 14.0. The standard InChI is InChI=1S/C13H10ClFN4OS/c1-7-6-19-13(17-7)21-10(18-19)5-16-12(20)11-8(14)3-2-4-9(11)15/h2-4,6H,5H2,1H3,(H,16,20). The Morgan fingerprint density at radius 2 is 2.33 bits per heavy atom. The molecule has 0 radical (unpaired) electrons. The van der Waals surface area contributed by atoms with Gasteiger partial charge in [0.25, 0.3) is 5.91 Å². The molecule has 0 saturated heterocycles. The second-order valence-corrected chi connectivity index (χ2v) is 5.83. The summed E-state index contributed by atoms with van der Waals surface area (Å²) < 4.78 is 15.3. The van der Waals surface area contributed by atoms with E-state index in [1.54, 1.807) is 10.7 Å². The molecule has 0 fully saturated rings. The molecule has 2 aromatic heterocycles. The molecule has 1 N–H and O–H groups in total. The summed E-state index contributed by atoms with van der Waals surface area (Å²) in [5, 5.41) is 7.64. The zero-order chi connectivity index (χ0) is 15.0. The molecule has 0 aliphatic carbocycles. The van der Waals surface area contributed by atoms with Crippen LogP contribution in [0.1, 0.15) is 21.1 Å². The fraction of sp³-hybridized carbons (Fsp3) is 0.154. The molecule has 1 aromatic carbocycles.